The third-order valence-electron chi connectivity index (χ3n) is 3.87. The lowest BCUT2D eigenvalue weighted by atomic mass is 9.93. The van der Waals surface area contributed by atoms with E-state index < -0.39 is 0 Å². The Bertz CT molecular complexity index is 590. The SMILES string of the molecule is CCCC(=O)N1CCc2sccc2C1c1ccccc1. The number of thiophene rings is 1. The molecule has 1 unspecified atom stereocenters. The number of hydrogen-bond acceptors (Lipinski definition) is 2. The van der Waals surface area contributed by atoms with E-state index in [9.17, 15) is 4.79 Å². The normalized spacial score (nSPS) is 17.9. The average Bonchev–Trinajstić information content (AvgIpc) is 2.95. The van der Waals surface area contributed by atoms with Crippen molar-refractivity contribution in [3.05, 3.63) is 57.8 Å². The van der Waals surface area contributed by atoms with Crippen LogP contribution in [0, 0.1) is 0 Å². The van der Waals surface area contributed by atoms with Gasteiger partial charge in [0.15, 0.2) is 0 Å². The number of carbonyl (C=O) groups is 1. The van der Waals surface area contributed by atoms with Gasteiger partial charge in [0.25, 0.3) is 0 Å². The van der Waals surface area contributed by atoms with Crippen molar-refractivity contribution < 1.29 is 4.79 Å². The molecule has 104 valence electrons. The highest BCUT2D eigenvalue weighted by Crippen LogP contribution is 2.37. The van der Waals surface area contributed by atoms with Crippen LogP contribution in [0.5, 0.6) is 0 Å². The molecule has 3 heteroatoms. The molecule has 0 saturated carbocycles. The van der Waals surface area contributed by atoms with Crippen molar-refractivity contribution in [1.82, 2.24) is 4.90 Å². The monoisotopic (exact) mass is 285 g/mol. The molecule has 20 heavy (non-hydrogen) atoms. The van der Waals surface area contributed by atoms with Gasteiger partial charge in [0, 0.05) is 17.8 Å². The quantitative estimate of drug-likeness (QED) is 0.834. The molecule has 1 aliphatic rings. The second kappa shape index (κ2) is 5.80. The molecule has 0 radical (unpaired) electrons. The molecule has 0 saturated heterocycles. The molecule has 0 spiro atoms. The topological polar surface area (TPSA) is 20.3 Å². The van der Waals surface area contributed by atoms with Crippen LogP contribution in [0.25, 0.3) is 0 Å². The van der Waals surface area contributed by atoms with Crippen LogP contribution in [0.3, 0.4) is 0 Å². The van der Waals surface area contributed by atoms with E-state index in [1.807, 2.05) is 17.4 Å². The minimum Gasteiger partial charge on any atom is -0.331 e. The molecule has 2 heterocycles. The molecule has 1 aromatic heterocycles. The highest BCUT2D eigenvalue weighted by molar-refractivity contribution is 7.10. The van der Waals surface area contributed by atoms with E-state index in [-0.39, 0.29) is 11.9 Å². The van der Waals surface area contributed by atoms with E-state index in [1.54, 1.807) is 0 Å². The number of carbonyl (C=O) groups excluding carboxylic acids is 1. The number of amides is 1. The number of rotatable bonds is 3. The highest BCUT2D eigenvalue weighted by atomic mass is 32.1. The van der Waals surface area contributed by atoms with Crippen LogP contribution in [0.2, 0.25) is 0 Å². The van der Waals surface area contributed by atoms with E-state index in [1.165, 1.54) is 16.0 Å². The van der Waals surface area contributed by atoms with Gasteiger partial charge >= 0.3 is 0 Å². The zero-order chi connectivity index (χ0) is 13.9. The van der Waals surface area contributed by atoms with Gasteiger partial charge in [-0.3, -0.25) is 4.79 Å². The van der Waals surface area contributed by atoms with Crippen LogP contribution in [0.1, 0.15) is 41.8 Å². The maximum Gasteiger partial charge on any atom is 0.223 e. The van der Waals surface area contributed by atoms with Gasteiger partial charge < -0.3 is 4.90 Å². The Hall–Kier alpha value is -1.61. The first-order valence-corrected chi connectivity index (χ1v) is 8.10. The molecular formula is C17H19NOS. The van der Waals surface area contributed by atoms with Crippen molar-refractivity contribution in [3.8, 4) is 0 Å². The zero-order valence-electron chi connectivity index (χ0n) is 11.7. The van der Waals surface area contributed by atoms with Crippen LogP contribution in [0.4, 0.5) is 0 Å². The summed E-state index contributed by atoms with van der Waals surface area (Å²) in [6.07, 6.45) is 2.54. The molecule has 0 fully saturated rings. The van der Waals surface area contributed by atoms with Crippen molar-refractivity contribution in [2.75, 3.05) is 6.54 Å². The number of hydrogen-bond donors (Lipinski definition) is 0. The first-order chi connectivity index (χ1) is 9.81. The number of nitrogens with zero attached hydrogens (tertiary/aromatic N) is 1. The Kier molecular flexibility index (Phi) is 3.88. The second-order valence-corrected chi connectivity index (χ2v) is 6.20. The standard InChI is InChI=1S/C17H19NOS/c1-2-6-16(19)18-11-9-15-14(10-12-20-15)17(18)13-7-4-3-5-8-13/h3-5,7-8,10,12,17H,2,6,9,11H2,1H3. The maximum atomic E-state index is 12.4. The molecule has 3 rings (SSSR count). The highest BCUT2D eigenvalue weighted by Gasteiger charge is 2.31. The molecule has 2 aromatic rings. The van der Waals surface area contributed by atoms with Crippen molar-refractivity contribution in [2.24, 2.45) is 0 Å². The fourth-order valence-electron chi connectivity index (χ4n) is 2.94. The smallest absolute Gasteiger partial charge is 0.223 e. The predicted molar refractivity (Wildman–Crippen MR) is 82.9 cm³/mol. The summed E-state index contributed by atoms with van der Waals surface area (Å²) in [5.74, 6) is 0.276. The minimum atomic E-state index is 0.102. The molecular weight excluding hydrogens is 266 g/mol. The van der Waals surface area contributed by atoms with Crippen molar-refractivity contribution in [2.45, 2.75) is 32.2 Å². The van der Waals surface area contributed by atoms with Gasteiger partial charge in [0.2, 0.25) is 5.91 Å². The maximum absolute atomic E-state index is 12.4. The number of fused-ring (bicyclic) bond motifs is 1. The molecule has 1 atom stereocenters. The van der Waals surface area contributed by atoms with Gasteiger partial charge in [-0.15, -0.1) is 11.3 Å². The minimum absolute atomic E-state index is 0.102. The summed E-state index contributed by atoms with van der Waals surface area (Å²) in [7, 11) is 0. The number of benzene rings is 1. The Morgan fingerprint density at radius 3 is 2.85 bits per heavy atom. The Labute approximate surface area is 124 Å². The predicted octanol–water partition coefficient (Wildman–Crippen LogP) is 4.02. The van der Waals surface area contributed by atoms with Crippen LogP contribution in [-0.2, 0) is 11.2 Å². The van der Waals surface area contributed by atoms with E-state index in [0.29, 0.717) is 6.42 Å². The van der Waals surface area contributed by atoms with Crippen LogP contribution < -0.4 is 0 Å². The Morgan fingerprint density at radius 1 is 1.30 bits per heavy atom. The average molecular weight is 285 g/mol. The first kappa shape index (κ1) is 13.4. The Morgan fingerprint density at radius 2 is 2.10 bits per heavy atom. The second-order valence-electron chi connectivity index (χ2n) is 5.20. The fourth-order valence-corrected chi connectivity index (χ4v) is 3.84. The summed E-state index contributed by atoms with van der Waals surface area (Å²) in [6.45, 7) is 2.90. The van der Waals surface area contributed by atoms with Gasteiger partial charge in [-0.05, 0) is 35.4 Å². The van der Waals surface area contributed by atoms with Crippen LogP contribution >= 0.6 is 11.3 Å². The van der Waals surface area contributed by atoms with E-state index >= 15 is 0 Å². The van der Waals surface area contributed by atoms with Crippen molar-refractivity contribution in [1.29, 1.82) is 0 Å². The molecule has 1 amide bonds. The molecule has 0 aliphatic carbocycles. The van der Waals surface area contributed by atoms with Gasteiger partial charge in [-0.1, -0.05) is 37.3 Å². The summed E-state index contributed by atoms with van der Waals surface area (Å²) in [5.41, 5.74) is 2.54. The Balaban J connectivity index is 2.01. The molecule has 2 nitrogen and oxygen atoms in total. The third-order valence-corrected chi connectivity index (χ3v) is 4.86. The van der Waals surface area contributed by atoms with E-state index in [0.717, 1.165) is 19.4 Å². The summed E-state index contributed by atoms with van der Waals surface area (Å²) in [5, 5.41) is 2.15. The molecule has 1 aliphatic heterocycles. The van der Waals surface area contributed by atoms with E-state index in [4.69, 9.17) is 0 Å². The fraction of sp³-hybridized carbons (Fsp3) is 0.353. The first-order valence-electron chi connectivity index (χ1n) is 7.22. The lowest BCUT2D eigenvalue weighted by molar-refractivity contribution is -0.133. The lowest BCUT2D eigenvalue weighted by Crippen LogP contribution is -2.39. The molecule has 0 bridgehead atoms. The summed E-state index contributed by atoms with van der Waals surface area (Å²) in [4.78, 5) is 15.9. The summed E-state index contributed by atoms with van der Waals surface area (Å²) < 4.78 is 0. The summed E-state index contributed by atoms with van der Waals surface area (Å²) >= 11 is 1.81. The lowest BCUT2D eigenvalue weighted by Gasteiger charge is -2.36. The van der Waals surface area contributed by atoms with E-state index in [2.05, 4.69) is 47.5 Å². The zero-order valence-corrected chi connectivity index (χ0v) is 12.5. The summed E-state index contributed by atoms with van der Waals surface area (Å²) in [6, 6.07) is 12.7. The largest absolute Gasteiger partial charge is 0.331 e. The van der Waals surface area contributed by atoms with Gasteiger partial charge in [0.05, 0.1) is 6.04 Å². The third kappa shape index (κ3) is 2.38. The van der Waals surface area contributed by atoms with Crippen molar-refractivity contribution in [3.63, 3.8) is 0 Å². The van der Waals surface area contributed by atoms with Crippen LogP contribution in [-0.4, -0.2) is 17.4 Å². The van der Waals surface area contributed by atoms with Crippen molar-refractivity contribution >= 4 is 17.2 Å². The van der Waals surface area contributed by atoms with Gasteiger partial charge in [0.1, 0.15) is 0 Å². The van der Waals surface area contributed by atoms with Gasteiger partial charge in [-0.2, -0.15) is 0 Å². The van der Waals surface area contributed by atoms with Gasteiger partial charge in [-0.25, -0.2) is 0 Å². The molecule has 0 N–H and O–H groups in total. The molecule has 1 aromatic carbocycles. The van der Waals surface area contributed by atoms with Crippen LogP contribution in [0.15, 0.2) is 41.8 Å².